The molecule has 0 spiro atoms. The molecule has 110 heavy (non-hydrogen) atoms. The first-order chi connectivity index (χ1) is 52.6. The number of hydrogen-bond acceptors (Lipinski definition) is 22. The maximum atomic E-state index is 14.1. The number of urea groups is 2. The van der Waals surface area contributed by atoms with Gasteiger partial charge in [-0.3, -0.25) is 57.5 Å². The zero-order valence-corrected chi connectivity index (χ0v) is 63.3. The number of anilines is 2. The molecular formula is C73H112N14O23. The third-order valence-electron chi connectivity index (χ3n) is 16.6. The lowest BCUT2D eigenvalue weighted by Crippen LogP contribution is -2.58. The molecule has 0 saturated carbocycles. The Hall–Kier alpha value is -10.1. The normalized spacial score (nSPS) is 14.4. The maximum Gasteiger partial charge on any atom is 0.312 e. The van der Waals surface area contributed by atoms with Gasteiger partial charge < -0.3 is 119 Å². The monoisotopic (exact) mass is 1550 g/mol. The van der Waals surface area contributed by atoms with Gasteiger partial charge in [0.05, 0.1) is 79.2 Å². The van der Waals surface area contributed by atoms with E-state index >= 15 is 0 Å². The highest BCUT2D eigenvalue weighted by molar-refractivity contribution is 6.00. The summed E-state index contributed by atoms with van der Waals surface area (Å²) in [4.78, 5) is 183. The van der Waals surface area contributed by atoms with E-state index in [0.717, 1.165) is 39.2 Å². The largest absolute Gasteiger partial charge is 0.481 e. The topological polar surface area (TPSA) is 551 Å². The minimum absolute atomic E-state index is 0.00300. The Morgan fingerprint density at radius 3 is 1.36 bits per heavy atom. The van der Waals surface area contributed by atoms with Gasteiger partial charge >= 0.3 is 24.0 Å². The van der Waals surface area contributed by atoms with E-state index in [-0.39, 0.29) is 149 Å². The second-order valence-electron chi connectivity index (χ2n) is 26.4. The summed E-state index contributed by atoms with van der Waals surface area (Å²) in [5.41, 5.74) is 12.3. The number of nitrogens with two attached hydrogens (primary N) is 2. The van der Waals surface area contributed by atoms with Crippen LogP contribution in [-0.4, -0.2) is 233 Å². The number of carboxylic acids is 1. The van der Waals surface area contributed by atoms with Crippen molar-refractivity contribution in [2.45, 2.75) is 192 Å². The molecule has 3 rings (SSSR count). The van der Waals surface area contributed by atoms with Gasteiger partial charge in [0.25, 0.3) is 0 Å². The highest BCUT2D eigenvalue weighted by Crippen LogP contribution is 2.17. The van der Waals surface area contributed by atoms with E-state index in [4.69, 9.17) is 39.9 Å². The molecule has 0 heterocycles. The molecule has 37 nitrogen and oxygen atoms in total. The van der Waals surface area contributed by atoms with Crippen LogP contribution in [0.25, 0.3) is 0 Å². The van der Waals surface area contributed by atoms with Gasteiger partial charge in [-0.15, -0.1) is 5.92 Å². The summed E-state index contributed by atoms with van der Waals surface area (Å²) in [5.74, 6) is -4.23. The van der Waals surface area contributed by atoms with E-state index in [0.29, 0.717) is 22.5 Å². The number of rotatable bonds is 55. The number of esters is 1. The molecule has 2 aromatic rings. The van der Waals surface area contributed by atoms with Crippen molar-refractivity contribution >= 4 is 94.4 Å². The van der Waals surface area contributed by atoms with Crippen molar-refractivity contribution in [1.82, 2.24) is 53.2 Å². The SMILES string of the molecule is COC(=O)CC[C@H](NC(=O)CCOCC(COCCC(=O)N[C@@H](CCC(=O)O)C(=O)N[C@H](C(=O)N[C@@H](CCCNC(N)=O)C(=O)Nc1ccc(CO)cc1)C(C)C)NC(=O)CCOCCOCCNC(=O)COC1C#CCCCCC1)C(=O)N[C@H](C(=O)N[C@@H](CCCNC(N)=O)C(=O)Nc1ccc(CO)cc1)C(C)C. The summed E-state index contributed by atoms with van der Waals surface area (Å²) >= 11 is 0. The Morgan fingerprint density at radius 2 is 0.918 bits per heavy atom. The predicted molar refractivity (Wildman–Crippen MR) is 398 cm³/mol. The summed E-state index contributed by atoms with van der Waals surface area (Å²) < 4.78 is 33.2. The van der Waals surface area contributed by atoms with Crippen LogP contribution in [0, 0.1) is 23.7 Å². The molecule has 0 fully saturated rings. The van der Waals surface area contributed by atoms with Crippen LogP contribution in [-0.2, 0) is 99.2 Å². The fraction of sp³-hybridized carbons (Fsp3) is 0.616. The fourth-order valence-corrected chi connectivity index (χ4v) is 10.5. The van der Waals surface area contributed by atoms with E-state index in [2.05, 4.69) is 75.6 Å². The number of hydrogen-bond donors (Lipinski definition) is 17. The molecule has 2 aromatic carbocycles. The van der Waals surface area contributed by atoms with Crippen LogP contribution in [0.4, 0.5) is 21.0 Å². The first-order valence-corrected chi connectivity index (χ1v) is 36.7. The highest BCUT2D eigenvalue weighted by atomic mass is 16.5. The van der Waals surface area contributed by atoms with Crippen molar-refractivity contribution in [2.75, 3.05) is 96.8 Å². The van der Waals surface area contributed by atoms with Crippen molar-refractivity contribution in [3.63, 3.8) is 0 Å². The number of carboxylic acid groups (broad SMARTS) is 1. The fourth-order valence-electron chi connectivity index (χ4n) is 10.5. The molecule has 8 atom stereocenters. The molecule has 1 aliphatic carbocycles. The molecule has 0 bridgehead atoms. The minimum Gasteiger partial charge on any atom is -0.481 e. The number of ether oxygens (including phenoxy) is 6. The number of aliphatic hydroxyl groups excluding tert-OH is 2. The Kier molecular flexibility index (Phi) is 46.6. The number of aliphatic carboxylic acids is 1. The molecule has 2 unspecified atom stereocenters. The first kappa shape index (κ1) is 94.1. The number of benzene rings is 2. The number of carbonyl (C=O) groups is 14. The van der Waals surface area contributed by atoms with Crippen LogP contribution in [0.5, 0.6) is 0 Å². The summed E-state index contributed by atoms with van der Waals surface area (Å²) in [5, 5.41) is 59.8. The molecule has 0 saturated heterocycles. The number of amides is 14. The molecule has 37 heteroatoms. The highest BCUT2D eigenvalue weighted by Gasteiger charge is 2.34. The van der Waals surface area contributed by atoms with E-state index in [1.165, 1.54) is 0 Å². The van der Waals surface area contributed by atoms with Crippen LogP contribution >= 0.6 is 0 Å². The third-order valence-corrected chi connectivity index (χ3v) is 16.6. The van der Waals surface area contributed by atoms with Crippen molar-refractivity contribution < 1.29 is 111 Å². The quantitative estimate of drug-likeness (QED) is 0.0223. The van der Waals surface area contributed by atoms with Crippen molar-refractivity contribution in [3.05, 3.63) is 59.7 Å². The Morgan fingerprint density at radius 1 is 0.473 bits per heavy atom. The number of nitrogens with one attached hydrogen (secondary N) is 12. The summed E-state index contributed by atoms with van der Waals surface area (Å²) in [6.45, 7) is 5.19. The van der Waals surface area contributed by atoms with Gasteiger partial charge in [-0.25, -0.2) is 9.59 Å². The molecule has 0 aromatic heterocycles. The Labute approximate surface area is 639 Å². The standard InChI is InChI=1S/C73H112N14O23/c1-46(2)64(70(101)84-54(15-11-32-77-72(74)103)66(97)80-50-21-17-48(41-88)18-22-50)86-68(99)56(25-27-62(94)95)82-59(91)30-36-108-43-52(79-58(90)29-35-106-39-40-107-38-34-76-61(93)45-110-53-13-9-7-6-8-10-14-53)44-109-37-31-60(92)83-57(26-28-63(96)105-5)69(100)87-65(47(3)4)71(102)85-55(16-12-33-78-73(75)104)67(98)81-51-23-19-49(42-89)20-24-51/h17-24,46-47,52-57,64-65,88-89H,6-9,11-13,15-16,25-45H2,1-5H3,(H,76,93)(H,79,90)(H,80,97)(H,81,98)(H,82,91)(H,83,92)(H,84,101)(H,85,102)(H,86,99)(H,87,100)(H,94,95)(H3,74,77,103)(H3,75,78,104)/t52?,53?,54-,55-,56-,57-,64-,65-/m0/s1. The van der Waals surface area contributed by atoms with E-state index in [1.54, 1.807) is 76.2 Å². The van der Waals surface area contributed by atoms with Gasteiger partial charge in [0, 0.05) is 69.5 Å². The van der Waals surface area contributed by atoms with E-state index < -0.39 is 157 Å². The van der Waals surface area contributed by atoms with Gasteiger partial charge in [0.1, 0.15) is 49.0 Å². The van der Waals surface area contributed by atoms with Crippen LogP contribution < -0.4 is 75.3 Å². The lowest BCUT2D eigenvalue weighted by atomic mass is 10.0. The molecule has 612 valence electrons. The molecule has 1 aliphatic rings. The zero-order valence-electron chi connectivity index (χ0n) is 63.3. The second-order valence-corrected chi connectivity index (χ2v) is 26.4. The van der Waals surface area contributed by atoms with Gasteiger partial charge in [-0.1, -0.05) is 64.3 Å². The van der Waals surface area contributed by atoms with Gasteiger partial charge in [0.2, 0.25) is 59.1 Å². The predicted octanol–water partition coefficient (Wildman–Crippen LogP) is -0.625. The summed E-state index contributed by atoms with van der Waals surface area (Å²) in [7, 11) is 1.13. The zero-order chi connectivity index (χ0) is 81.2. The van der Waals surface area contributed by atoms with Crippen LogP contribution in [0.1, 0.15) is 142 Å². The average molecular weight is 1550 g/mol. The molecule has 0 radical (unpaired) electrons. The maximum absolute atomic E-state index is 14.1. The van der Waals surface area contributed by atoms with E-state index in [9.17, 15) is 82.4 Å². The molecule has 0 aliphatic heterocycles. The van der Waals surface area contributed by atoms with Crippen LogP contribution in [0.3, 0.4) is 0 Å². The number of methoxy groups -OCH3 is 1. The smallest absolute Gasteiger partial charge is 0.312 e. The summed E-state index contributed by atoms with van der Waals surface area (Å²) in [6.07, 6.45) is 2.09. The number of carbonyl (C=O) groups excluding carboxylic acids is 13. The number of primary amides is 2. The average Bonchev–Trinajstić information content (AvgIpc) is 0.860. The van der Waals surface area contributed by atoms with Gasteiger partial charge in [0.15, 0.2) is 0 Å². The summed E-state index contributed by atoms with van der Waals surface area (Å²) in [6, 6.07) is 1.96. The Balaban J connectivity index is 1.71. The first-order valence-electron chi connectivity index (χ1n) is 36.7. The van der Waals surface area contributed by atoms with Crippen LogP contribution in [0.15, 0.2) is 48.5 Å². The van der Waals surface area contributed by atoms with Gasteiger partial charge in [-0.2, -0.15) is 0 Å². The van der Waals surface area contributed by atoms with Gasteiger partial charge in [-0.05, 0) is 105 Å². The minimum atomic E-state index is -1.50. The lowest BCUT2D eigenvalue weighted by Gasteiger charge is -2.27. The Bertz CT molecular complexity index is 3320. The van der Waals surface area contributed by atoms with E-state index in [1.807, 2.05) is 0 Å². The third kappa shape index (κ3) is 41.5. The lowest BCUT2D eigenvalue weighted by molar-refractivity contribution is -0.142. The van der Waals surface area contributed by atoms with Crippen LogP contribution in [0.2, 0.25) is 0 Å². The molecule has 14 amide bonds. The second kappa shape index (κ2) is 54.5. The van der Waals surface area contributed by atoms with Crippen molar-refractivity contribution in [1.29, 1.82) is 0 Å². The van der Waals surface area contributed by atoms with Crippen molar-refractivity contribution in [3.8, 4) is 11.8 Å². The molecular weight excluding hydrogens is 1440 g/mol. The molecule has 19 N–H and O–H groups in total. The number of aliphatic hydroxyl groups is 2. The van der Waals surface area contributed by atoms with Crippen molar-refractivity contribution in [2.24, 2.45) is 23.3 Å².